The van der Waals surface area contributed by atoms with Crippen LogP contribution in [0.25, 0.3) is 22.4 Å². The molecule has 0 radical (unpaired) electrons. The molecule has 8 nitrogen and oxygen atoms in total. The van der Waals surface area contributed by atoms with E-state index in [1.807, 2.05) is 32.0 Å². The second kappa shape index (κ2) is 7.82. The van der Waals surface area contributed by atoms with E-state index in [1.165, 1.54) is 6.07 Å². The van der Waals surface area contributed by atoms with Crippen molar-refractivity contribution < 1.29 is 18.4 Å². The normalized spacial score (nSPS) is 11.0. The lowest BCUT2D eigenvalue weighted by Crippen LogP contribution is -2.23. The molecule has 0 aliphatic heterocycles. The molecule has 2 aromatic heterocycles. The number of aryl methyl sites for hydroxylation is 2. The first-order valence-corrected chi connectivity index (χ1v) is 9.24. The number of carbonyl (C=O) groups excluding carboxylic acids is 1. The van der Waals surface area contributed by atoms with E-state index < -0.39 is 23.9 Å². The van der Waals surface area contributed by atoms with Crippen LogP contribution in [0.15, 0.2) is 67.0 Å². The molecule has 0 fully saturated rings. The third kappa shape index (κ3) is 3.80. The van der Waals surface area contributed by atoms with Crippen molar-refractivity contribution in [3.05, 3.63) is 86.2 Å². The number of aromatic nitrogens is 2. The number of ether oxygens (including phenoxy) is 1. The molecule has 2 aromatic carbocycles. The lowest BCUT2D eigenvalue weighted by Gasteiger charge is -2.09. The van der Waals surface area contributed by atoms with Gasteiger partial charge in [0.2, 0.25) is 5.89 Å². The van der Waals surface area contributed by atoms with Gasteiger partial charge in [-0.15, -0.1) is 5.10 Å². The van der Waals surface area contributed by atoms with E-state index in [0.29, 0.717) is 22.1 Å². The van der Waals surface area contributed by atoms with Crippen LogP contribution in [0.2, 0.25) is 0 Å². The van der Waals surface area contributed by atoms with Gasteiger partial charge in [-0.25, -0.2) is 9.59 Å². The summed E-state index contributed by atoms with van der Waals surface area (Å²) >= 11 is 0. The van der Waals surface area contributed by atoms with E-state index in [-0.39, 0.29) is 12.5 Å². The second-order valence-corrected chi connectivity index (χ2v) is 6.83. The minimum Gasteiger partial charge on any atom is -0.459 e. The van der Waals surface area contributed by atoms with Crippen molar-refractivity contribution in [1.29, 1.82) is 0 Å². The molecule has 4 aromatic rings. The molecule has 0 unspecified atom stereocenters. The quantitative estimate of drug-likeness (QED) is 0.371. The van der Waals surface area contributed by atoms with Crippen LogP contribution in [0.3, 0.4) is 0 Å². The predicted molar refractivity (Wildman–Crippen MR) is 108 cm³/mol. The summed E-state index contributed by atoms with van der Waals surface area (Å²) < 4.78 is 16.6. The van der Waals surface area contributed by atoms with Crippen molar-refractivity contribution in [2.75, 3.05) is 0 Å². The standard InChI is InChI=1S/C22H18N2O6/c1-13-8-9-17-16(10-18(25)29-20(17)14(13)2)12-28-19(26)11-24-22(27)30-21(23-24)15-6-4-3-5-7-15/h3-10H,11-12H2,1-2H3. The molecule has 0 bridgehead atoms. The van der Waals surface area contributed by atoms with E-state index in [1.54, 1.807) is 24.3 Å². The number of nitrogens with zero attached hydrogens (tertiary/aromatic N) is 2. The summed E-state index contributed by atoms with van der Waals surface area (Å²) in [7, 11) is 0. The highest BCUT2D eigenvalue weighted by molar-refractivity contribution is 5.84. The molecular weight excluding hydrogens is 388 g/mol. The lowest BCUT2D eigenvalue weighted by molar-refractivity contribution is -0.146. The Morgan fingerprint density at radius 2 is 1.83 bits per heavy atom. The first-order valence-electron chi connectivity index (χ1n) is 9.24. The molecule has 0 atom stereocenters. The molecule has 0 N–H and O–H groups in total. The highest BCUT2D eigenvalue weighted by atomic mass is 16.5. The van der Waals surface area contributed by atoms with E-state index in [4.69, 9.17) is 13.6 Å². The van der Waals surface area contributed by atoms with Gasteiger partial charge < -0.3 is 13.6 Å². The maximum atomic E-state index is 12.3. The van der Waals surface area contributed by atoms with Crippen LogP contribution in [-0.2, 0) is 22.7 Å². The minimum atomic E-state index is -0.761. The Kier molecular flexibility index (Phi) is 5.05. The number of hydrogen-bond acceptors (Lipinski definition) is 7. The summed E-state index contributed by atoms with van der Waals surface area (Å²) in [4.78, 5) is 36.2. The SMILES string of the molecule is Cc1ccc2c(COC(=O)Cn3nc(-c4ccccc4)oc3=O)cc(=O)oc2c1C. The number of rotatable bonds is 5. The minimum absolute atomic E-state index is 0.117. The summed E-state index contributed by atoms with van der Waals surface area (Å²) in [5.74, 6) is -1.33. The van der Waals surface area contributed by atoms with Crippen LogP contribution >= 0.6 is 0 Å². The summed E-state index contributed by atoms with van der Waals surface area (Å²) in [6.45, 7) is 3.23. The fraction of sp³-hybridized carbons (Fsp3) is 0.182. The van der Waals surface area contributed by atoms with E-state index in [2.05, 4.69) is 5.10 Å². The van der Waals surface area contributed by atoms with Gasteiger partial charge in [0.05, 0.1) is 0 Å². The van der Waals surface area contributed by atoms with Gasteiger partial charge in [-0.3, -0.25) is 4.79 Å². The number of carbonyl (C=O) groups is 1. The zero-order chi connectivity index (χ0) is 21.3. The Bertz CT molecular complexity index is 1350. The molecule has 0 aliphatic rings. The van der Waals surface area contributed by atoms with Gasteiger partial charge in [0, 0.05) is 22.6 Å². The summed E-state index contributed by atoms with van der Waals surface area (Å²) in [5, 5.41) is 4.72. The smallest absolute Gasteiger partial charge is 0.437 e. The second-order valence-electron chi connectivity index (χ2n) is 6.83. The van der Waals surface area contributed by atoms with Crippen molar-refractivity contribution in [2.24, 2.45) is 0 Å². The van der Waals surface area contributed by atoms with Gasteiger partial charge in [-0.1, -0.05) is 30.3 Å². The maximum Gasteiger partial charge on any atom is 0.437 e. The van der Waals surface area contributed by atoms with Crippen LogP contribution in [0.4, 0.5) is 0 Å². The number of hydrogen-bond donors (Lipinski definition) is 0. The van der Waals surface area contributed by atoms with E-state index >= 15 is 0 Å². The Labute approximate surface area is 170 Å². The predicted octanol–water partition coefficient (Wildman–Crippen LogP) is 2.97. The van der Waals surface area contributed by atoms with Gasteiger partial charge >= 0.3 is 17.4 Å². The number of esters is 1. The first-order chi connectivity index (χ1) is 14.4. The molecule has 4 rings (SSSR count). The van der Waals surface area contributed by atoms with Gasteiger partial charge in [0.15, 0.2) is 0 Å². The summed E-state index contributed by atoms with van der Waals surface area (Å²) in [6.07, 6.45) is 0. The molecule has 152 valence electrons. The molecule has 8 heteroatoms. The molecule has 0 saturated carbocycles. The average molecular weight is 406 g/mol. The molecule has 0 spiro atoms. The van der Waals surface area contributed by atoms with E-state index in [0.717, 1.165) is 15.8 Å². The van der Waals surface area contributed by atoms with Gasteiger partial charge in [0.1, 0.15) is 18.7 Å². The number of benzene rings is 2. The van der Waals surface area contributed by atoms with Crippen LogP contribution in [0.5, 0.6) is 0 Å². The molecule has 2 heterocycles. The molecular formula is C22H18N2O6. The fourth-order valence-electron chi connectivity index (χ4n) is 3.07. The first kappa shape index (κ1) is 19.4. The Morgan fingerprint density at radius 3 is 2.60 bits per heavy atom. The molecule has 30 heavy (non-hydrogen) atoms. The zero-order valence-electron chi connectivity index (χ0n) is 16.4. The van der Waals surface area contributed by atoms with Crippen molar-refractivity contribution in [3.8, 4) is 11.5 Å². The van der Waals surface area contributed by atoms with Crippen LogP contribution in [0, 0.1) is 13.8 Å². The third-order valence-corrected chi connectivity index (χ3v) is 4.81. The Balaban J connectivity index is 1.51. The summed E-state index contributed by atoms with van der Waals surface area (Å²) in [6, 6.07) is 13.9. The monoisotopic (exact) mass is 406 g/mol. The van der Waals surface area contributed by atoms with Crippen LogP contribution in [-0.4, -0.2) is 15.7 Å². The number of fused-ring (bicyclic) bond motifs is 1. The van der Waals surface area contributed by atoms with Crippen molar-refractivity contribution >= 4 is 16.9 Å². The fourth-order valence-corrected chi connectivity index (χ4v) is 3.07. The highest BCUT2D eigenvalue weighted by Gasteiger charge is 2.15. The van der Waals surface area contributed by atoms with Crippen LogP contribution < -0.4 is 11.4 Å². The van der Waals surface area contributed by atoms with Crippen molar-refractivity contribution in [1.82, 2.24) is 9.78 Å². The maximum absolute atomic E-state index is 12.3. The molecule has 0 aliphatic carbocycles. The summed E-state index contributed by atoms with van der Waals surface area (Å²) in [5.41, 5.74) is 2.92. The van der Waals surface area contributed by atoms with Gasteiger partial charge in [0.25, 0.3) is 0 Å². The Hall–Kier alpha value is -3.94. The van der Waals surface area contributed by atoms with Crippen LogP contribution in [0.1, 0.15) is 16.7 Å². The largest absolute Gasteiger partial charge is 0.459 e. The molecule has 0 saturated heterocycles. The van der Waals surface area contributed by atoms with E-state index in [9.17, 15) is 14.4 Å². The van der Waals surface area contributed by atoms with Gasteiger partial charge in [-0.05, 0) is 37.1 Å². The van der Waals surface area contributed by atoms with Crippen molar-refractivity contribution in [2.45, 2.75) is 27.0 Å². The molecule has 0 amide bonds. The average Bonchev–Trinajstić information content (AvgIpc) is 3.10. The van der Waals surface area contributed by atoms with Crippen molar-refractivity contribution in [3.63, 3.8) is 0 Å². The Morgan fingerprint density at radius 1 is 1.07 bits per heavy atom. The lowest BCUT2D eigenvalue weighted by atomic mass is 10.0. The zero-order valence-corrected chi connectivity index (χ0v) is 16.4. The topological polar surface area (TPSA) is 105 Å². The van der Waals surface area contributed by atoms with Gasteiger partial charge in [-0.2, -0.15) is 4.68 Å². The third-order valence-electron chi connectivity index (χ3n) is 4.81. The highest BCUT2D eigenvalue weighted by Crippen LogP contribution is 2.23.